The van der Waals surface area contributed by atoms with Crippen molar-refractivity contribution >= 4 is 0 Å². The number of nitrogens with one attached hydrogen (secondary N) is 1. The van der Waals surface area contributed by atoms with Gasteiger partial charge >= 0.3 is 0 Å². The fourth-order valence-electron chi connectivity index (χ4n) is 2.72. The van der Waals surface area contributed by atoms with E-state index < -0.39 is 0 Å². The van der Waals surface area contributed by atoms with Crippen molar-refractivity contribution in [3.63, 3.8) is 0 Å². The zero-order valence-electron chi connectivity index (χ0n) is 12.9. The van der Waals surface area contributed by atoms with Crippen LogP contribution in [0, 0.1) is 12.0 Å². The first-order chi connectivity index (χ1) is 10.9. The smallest absolute Gasteiger partial charge is 0.0893 e. The summed E-state index contributed by atoms with van der Waals surface area (Å²) in [5.74, 6) is 2.98. The molecule has 5 nitrogen and oxygen atoms in total. The zero-order valence-corrected chi connectivity index (χ0v) is 12.9. The van der Waals surface area contributed by atoms with E-state index in [4.69, 9.17) is 0 Å². The molecule has 0 amide bonds. The van der Waals surface area contributed by atoms with Crippen LogP contribution in [0.2, 0.25) is 0 Å². The molecule has 22 heavy (non-hydrogen) atoms. The summed E-state index contributed by atoms with van der Waals surface area (Å²) >= 11 is 0. The van der Waals surface area contributed by atoms with Gasteiger partial charge < -0.3 is 5.32 Å². The SMILES string of the molecule is CC#CN(C1CCNCC1)n1ncc(Cc2ccccc2)n1. The number of benzene rings is 1. The van der Waals surface area contributed by atoms with Gasteiger partial charge in [0.1, 0.15) is 0 Å². The zero-order chi connectivity index (χ0) is 15.2. The summed E-state index contributed by atoms with van der Waals surface area (Å²) in [6.07, 6.45) is 4.74. The second-order valence-electron chi connectivity index (χ2n) is 5.45. The molecule has 1 aliphatic rings. The predicted molar refractivity (Wildman–Crippen MR) is 86.8 cm³/mol. The lowest BCUT2D eigenvalue weighted by Crippen LogP contribution is -2.47. The number of rotatable bonds is 4. The summed E-state index contributed by atoms with van der Waals surface area (Å²) in [5.41, 5.74) is 2.20. The summed E-state index contributed by atoms with van der Waals surface area (Å²) in [6, 6.07) is 13.8. The first-order valence-corrected chi connectivity index (χ1v) is 7.74. The first kappa shape index (κ1) is 14.6. The molecule has 114 valence electrons. The third-order valence-corrected chi connectivity index (χ3v) is 3.83. The summed E-state index contributed by atoms with van der Waals surface area (Å²) < 4.78 is 0. The summed E-state index contributed by atoms with van der Waals surface area (Å²) in [7, 11) is 0. The van der Waals surface area contributed by atoms with Crippen molar-refractivity contribution in [2.75, 3.05) is 18.1 Å². The maximum Gasteiger partial charge on any atom is 0.0893 e. The number of hydrogen-bond donors (Lipinski definition) is 1. The molecule has 1 N–H and O–H groups in total. The van der Waals surface area contributed by atoms with E-state index >= 15 is 0 Å². The number of nitrogens with zero attached hydrogens (tertiary/aromatic N) is 4. The topological polar surface area (TPSA) is 46.0 Å². The summed E-state index contributed by atoms with van der Waals surface area (Å²) in [6.45, 7) is 3.89. The van der Waals surface area contributed by atoms with Gasteiger partial charge in [-0.1, -0.05) is 41.2 Å². The van der Waals surface area contributed by atoms with Gasteiger partial charge in [-0.25, -0.2) is 5.01 Å². The standard InChI is InChI=1S/C17H21N5/c1-2-12-21(17-8-10-18-11-9-17)22-19-14-16(20-22)13-15-6-4-3-5-7-15/h3-7,14,17-18H,8-11,13H2,1H3. The maximum atomic E-state index is 4.61. The van der Waals surface area contributed by atoms with Gasteiger partial charge in [0.25, 0.3) is 0 Å². The van der Waals surface area contributed by atoms with E-state index in [1.54, 1.807) is 4.91 Å². The molecule has 1 fully saturated rings. The lowest BCUT2D eigenvalue weighted by atomic mass is 10.1. The maximum absolute atomic E-state index is 4.61. The van der Waals surface area contributed by atoms with Gasteiger partial charge in [-0.3, -0.25) is 0 Å². The van der Waals surface area contributed by atoms with Crippen molar-refractivity contribution in [1.29, 1.82) is 0 Å². The Balaban J connectivity index is 1.76. The minimum atomic E-state index is 0.366. The van der Waals surface area contributed by atoms with Crippen LogP contribution in [-0.2, 0) is 6.42 Å². The highest BCUT2D eigenvalue weighted by Gasteiger charge is 2.21. The van der Waals surface area contributed by atoms with Gasteiger partial charge in [0.2, 0.25) is 0 Å². The molecule has 0 saturated carbocycles. The summed E-state index contributed by atoms with van der Waals surface area (Å²) in [5, 5.41) is 14.4. The molecule has 1 saturated heterocycles. The minimum absolute atomic E-state index is 0.366. The highest BCUT2D eigenvalue weighted by molar-refractivity contribution is 5.20. The highest BCUT2D eigenvalue weighted by atomic mass is 15.8. The predicted octanol–water partition coefficient (Wildman–Crippen LogP) is 1.54. The fourth-order valence-corrected chi connectivity index (χ4v) is 2.72. The third-order valence-electron chi connectivity index (χ3n) is 3.83. The molecule has 0 unspecified atom stereocenters. The molecule has 0 atom stereocenters. The molecular formula is C17H21N5. The molecular weight excluding hydrogens is 274 g/mol. The molecule has 5 heteroatoms. The Bertz CT molecular complexity index is 646. The van der Waals surface area contributed by atoms with Crippen molar-refractivity contribution in [1.82, 2.24) is 20.4 Å². The molecule has 0 spiro atoms. The molecule has 0 bridgehead atoms. The largest absolute Gasteiger partial charge is 0.317 e. The van der Waals surface area contributed by atoms with Crippen molar-refractivity contribution in [3.05, 3.63) is 47.8 Å². The van der Waals surface area contributed by atoms with Crippen molar-refractivity contribution in [2.24, 2.45) is 0 Å². The van der Waals surface area contributed by atoms with Gasteiger partial charge in [-0.15, -0.1) is 10.2 Å². The monoisotopic (exact) mass is 295 g/mol. The Hall–Kier alpha value is -2.32. The van der Waals surface area contributed by atoms with Crippen molar-refractivity contribution in [3.8, 4) is 12.0 Å². The first-order valence-electron chi connectivity index (χ1n) is 7.74. The Labute approximate surface area is 131 Å². The van der Waals surface area contributed by atoms with E-state index in [0.29, 0.717) is 6.04 Å². The van der Waals surface area contributed by atoms with Crippen LogP contribution in [-0.4, -0.2) is 34.2 Å². The van der Waals surface area contributed by atoms with Crippen LogP contribution in [0.5, 0.6) is 0 Å². The van der Waals surface area contributed by atoms with Crippen LogP contribution in [0.3, 0.4) is 0 Å². The van der Waals surface area contributed by atoms with Gasteiger partial charge in [-0.2, -0.15) is 0 Å². The Kier molecular flexibility index (Phi) is 4.71. The molecule has 1 aromatic carbocycles. The van der Waals surface area contributed by atoms with Crippen molar-refractivity contribution < 1.29 is 0 Å². The molecule has 2 heterocycles. The Morgan fingerprint density at radius 2 is 2.05 bits per heavy atom. The van der Waals surface area contributed by atoms with Crippen LogP contribution in [0.4, 0.5) is 0 Å². The van der Waals surface area contributed by atoms with Crippen molar-refractivity contribution in [2.45, 2.75) is 32.2 Å². The lowest BCUT2D eigenvalue weighted by Gasteiger charge is -2.30. The van der Waals surface area contributed by atoms with Crippen LogP contribution in [0.15, 0.2) is 36.5 Å². The number of aromatic nitrogens is 3. The van der Waals surface area contributed by atoms with Crippen LogP contribution >= 0.6 is 0 Å². The van der Waals surface area contributed by atoms with E-state index in [1.165, 1.54) is 5.56 Å². The van der Waals surface area contributed by atoms with E-state index in [1.807, 2.05) is 36.3 Å². The van der Waals surface area contributed by atoms with E-state index in [0.717, 1.165) is 38.0 Å². The third kappa shape index (κ3) is 3.46. The average Bonchev–Trinajstić information content (AvgIpc) is 3.02. The lowest BCUT2D eigenvalue weighted by molar-refractivity contribution is 0.377. The molecule has 0 radical (unpaired) electrons. The minimum Gasteiger partial charge on any atom is -0.317 e. The quantitative estimate of drug-likeness (QED) is 0.686. The highest BCUT2D eigenvalue weighted by Crippen LogP contribution is 2.11. The second-order valence-corrected chi connectivity index (χ2v) is 5.45. The van der Waals surface area contributed by atoms with Crippen LogP contribution < -0.4 is 10.3 Å². The molecule has 1 aliphatic heterocycles. The van der Waals surface area contributed by atoms with Gasteiger partial charge in [0.15, 0.2) is 0 Å². The van der Waals surface area contributed by atoms with Gasteiger partial charge in [0.05, 0.1) is 17.9 Å². The average molecular weight is 295 g/mol. The van der Waals surface area contributed by atoms with E-state index in [9.17, 15) is 0 Å². The second kappa shape index (κ2) is 7.10. The van der Waals surface area contributed by atoms with Gasteiger partial charge in [-0.05, 0) is 38.4 Å². The van der Waals surface area contributed by atoms with E-state index in [2.05, 4.69) is 39.6 Å². The molecule has 1 aromatic heterocycles. The number of hydrogen-bond acceptors (Lipinski definition) is 4. The van der Waals surface area contributed by atoms with Crippen LogP contribution in [0.1, 0.15) is 31.0 Å². The summed E-state index contributed by atoms with van der Waals surface area (Å²) in [4.78, 5) is 1.66. The molecule has 2 aromatic rings. The Morgan fingerprint density at radius 1 is 1.27 bits per heavy atom. The normalized spacial score (nSPS) is 15.1. The van der Waals surface area contributed by atoms with Crippen LogP contribution in [0.25, 0.3) is 0 Å². The fraction of sp³-hybridized carbons (Fsp3) is 0.412. The number of piperidine rings is 1. The molecule has 0 aliphatic carbocycles. The Morgan fingerprint density at radius 3 is 2.77 bits per heavy atom. The van der Waals surface area contributed by atoms with E-state index in [-0.39, 0.29) is 0 Å². The van der Waals surface area contributed by atoms with Gasteiger partial charge in [0, 0.05) is 12.5 Å². The molecule has 3 rings (SSSR count).